The smallest absolute Gasteiger partial charge is 0.180 e. The van der Waals surface area contributed by atoms with Crippen LogP contribution in [0.3, 0.4) is 0 Å². The van der Waals surface area contributed by atoms with Gasteiger partial charge in [-0.1, -0.05) is 29.5 Å². The predicted molar refractivity (Wildman–Crippen MR) is 71.1 cm³/mol. The van der Waals surface area contributed by atoms with E-state index in [1.165, 1.54) is 22.5 Å². The van der Waals surface area contributed by atoms with Crippen molar-refractivity contribution in [3.8, 4) is 0 Å². The quantitative estimate of drug-likeness (QED) is 0.858. The van der Waals surface area contributed by atoms with Crippen molar-refractivity contribution in [2.24, 2.45) is 0 Å². The van der Waals surface area contributed by atoms with Gasteiger partial charge in [-0.25, -0.2) is 4.98 Å². The number of anilines is 1. The van der Waals surface area contributed by atoms with Crippen LogP contribution in [0.5, 0.6) is 0 Å². The summed E-state index contributed by atoms with van der Waals surface area (Å²) in [6.45, 7) is 5.86. The van der Waals surface area contributed by atoms with Gasteiger partial charge in [0.05, 0.1) is 4.88 Å². The molecule has 1 atom stereocenters. The molecule has 0 amide bonds. The molecule has 4 heteroatoms. The molecule has 1 aromatic heterocycles. The van der Waals surface area contributed by atoms with Crippen LogP contribution < -0.4 is 5.73 Å². The van der Waals surface area contributed by atoms with E-state index in [4.69, 9.17) is 5.73 Å². The lowest BCUT2D eigenvalue weighted by atomic mass is 9.92. The number of thiazole rings is 1. The number of aryl methyl sites for hydroxylation is 2. The van der Waals surface area contributed by atoms with E-state index < -0.39 is 5.60 Å². The summed E-state index contributed by atoms with van der Waals surface area (Å²) in [6, 6.07) is 5.97. The predicted octanol–water partition coefficient (Wildman–Crippen LogP) is 2.60. The molecule has 3 N–H and O–H groups in total. The molecule has 0 spiro atoms. The first-order valence-corrected chi connectivity index (χ1v) is 6.25. The fourth-order valence-electron chi connectivity index (χ4n) is 1.70. The Morgan fingerprint density at radius 2 is 2.00 bits per heavy atom. The normalized spacial score (nSPS) is 14.6. The summed E-state index contributed by atoms with van der Waals surface area (Å²) in [5.41, 5.74) is 7.82. The molecule has 1 unspecified atom stereocenters. The molecule has 0 bridgehead atoms. The minimum atomic E-state index is -1.03. The summed E-state index contributed by atoms with van der Waals surface area (Å²) >= 11 is 1.32. The molecule has 1 heterocycles. The number of nitrogen functional groups attached to an aromatic ring is 1. The number of nitrogens with zero attached hydrogens (tertiary/aromatic N) is 1. The van der Waals surface area contributed by atoms with E-state index in [2.05, 4.69) is 11.9 Å². The van der Waals surface area contributed by atoms with E-state index in [0.29, 0.717) is 5.13 Å². The summed E-state index contributed by atoms with van der Waals surface area (Å²) in [5.74, 6) is 0. The molecule has 3 nitrogen and oxygen atoms in total. The van der Waals surface area contributed by atoms with Crippen LogP contribution in [-0.4, -0.2) is 10.1 Å². The van der Waals surface area contributed by atoms with Gasteiger partial charge in [0, 0.05) is 6.20 Å². The largest absolute Gasteiger partial charge is 0.380 e. The average Bonchev–Trinajstić information content (AvgIpc) is 2.69. The Hall–Kier alpha value is -1.39. The lowest BCUT2D eigenvalue weighted by Gasteiger charge is -2.22. The molecule has 0 saturated heterocycles. The first-order valence-electron chi connectivity index (χ1n) is 5.43. The lowest BCUT2D eigenvalue weighted by Crippen LogP contribution is -2.21. The van der Waals surface area contributed by atoms with Gasteiger partial charge < -0.3 is 10.8 Å². The van der Waals surface area contributed by atoms with Crippen LogP contribution in [-0.2, 0) is 5.60 Å². The van der Waals surface area contributed by atoms with Crippen molar-refractivity contribution in [2.75, 3.05) is 5.73 Å². The molecule has 0 saturated carbocycles. The van der Waals surface area contributed by atoms with Crippen molar-refractivity contribution in [3.63, 3.8) is 0 Å². The summed E-state index contributed by atoms with van der Waals surface area (Å²) in [4.78, 5) is 4.75. The molecule has 90 valence electrons. The topological polar surface area (TPSA) is 59.1 Å². The van der Waals surface area contributed by atoms with Crippen LogP contribution >= 0.6 is 11.3 Å². The van der Waals surface area contributed by atoms with Gasteiger partial charge in [-0.05, 0) is 37.5 Å². The van der Waals surface area contributed by atoms with Crippen LogP contribution in [0.2, 0.25) is 0 Å². The summed E-state index contributed by atoms with van der Waals surface area (Å²) in [5, 5.41) is 11.1. The number of hydrogen-bond donors (Lipinski definition) is 2. The number of nitrogens with two attached hydrogens (primary N) is 1. The second-order valence-electron chi connectivity index (χ2n) is 4.43. The second kappa shape index (κ2) is 4.13. The van der Waals surface area contributed by atoms with Crippen molar-refractivity contribution in [1.29, 1.82) is 0 Å². The van der Waals surface area contributed by atoms with Crippen LogP contribution in [0, 0.1) is 13.8 Å². The summed E-state index contributed by atoms with van der Waals surface area (Å²) < 4.78 is 0. The fraction of sp³-hybridized carbons (Fsp3) is 0.308. The lowest BCUT2D eigenvalue weighted by molar-refractivity contribution is 0.106. The van der Waals surface area contributed by atoms with Crippen LogP contribution in [0.1, 0.15) is 28.5 Å². The van der Waals surface area contributed by atoms with Gasteiger partial charge in [-0.2, -0.15) is 0 Å². The fourth-order valence-corrected chi connectivity index (χ4v) is 2.45. The highest BCUT2D eigenvalue weighted by atomic mass is 32.1. The number of aromatic nitrogens is 1. The highest BCUT2D eigenvalue weighted by Gasteiger charge is 2.28. The third-order valence-corrected chi connectivity index (χ3v) is 4.11. The number of benzene rings is 1. The molecule has 0 aliphatic heterocycles. The van der Waals surface area contributed by atoms with Crippen molar-refractivity contribution in [3.05, 3.63) is 46.0 Å². The zero-order valence-corrected chi connectivity index (χ0v) is 11.0. The Morgan fingerprint density at radius 1 is 1.29 bits per heavy atom. The van der Waals surface area contributed by atoms with Crippen molar-refractivity contribution >= 4 is 16.5 Å². The Morgan fingerprint density at radius 3 is 2.53 bits per heavy atom. The minimum Gasteiger partial charge on any atom is -0.380 e. The Labute approximate surface area is 105 Å². The zero-order chi connectivity index (χ0) is 12.6. The maximum Gasteiger partial charge on any atom is 0.180 e. The van der Waals surface area contributed by atoms with E-state index in [0.717, 1.165) is 10.4 Å². The third-order valence-electron chi connectivity index (χ3n) is 3.07. The van der Waals surface area contributed by atoms with Crippen LogP contribution in [0.25, 0.3) is 0 Å². The highest BCUT2D eigenvalue weighted by Crippen LogP contribution is 2.34. The highest BCUT2D eigenvalue weighted by molar-refractivity contribution is 7.15. The summed E-state index contributed by atoms with van der Waals surface area (Å²) in [7, 11) is 0. The molecule has 0 aliphatic carbocycles. The van der Waals surface area contributed by atoms with Gasteiger partial charge in [0.15, 0.2) is 5.13 Å². The second-order valence-corrected chi connectivity index (χ2v) is 5.50. The maximum absolute atomic E-state index is 10.6. The standard InChI is InChI=1S/C13H16N2OS/c1-8-4-5-10(6-9(8)2)13(3,16)11-7-15-12(14)17-11/h4-7,16H,1-3H3,(H2,14,15). The van der Waals surface area contributed by atoms with E-state index in [-0.39, 0.29) is 0 Å². The maximum atomic E-state index is 10.6. The third kappa shape index (κ3) is 2.18. The van der Waals surface area contributed by atoms with Gasteiger partial charge >= 0.3 is 0 Å². The zero-order valence-electron chi connectivity index (χ0n) is 10.2. The van der Waals surface area contributed by atoms with Gasteiger partial charge in [0.25, 0.3) is 0 Å². The first kappa shape index (κ1) is 12.1. The number of rotatable bonds is 2. The van der Waals surface area contributed by atoms with Crippen LogP contribution in [0.4, 0.5) is 5.13 Å². The molecule has 2 aromatic rings. The molecule has 1 aromatic carbocycles. The molecule has 0 aliphatic rings. The minimum absolute atomic E-state index is 0.476. The molecule has 0 radical (unpaired) electrons. The van der Waals surface area contributed by atoms with Crippen molar-refractivity contribution in [1.82, 2.24) is 4.98 Å². The Kier molecular flexibility index (Phi) is 2.93. The van der Waals surface area contributed by atoms with E-state index in [9.17, 15) is 5.11 Å². The van der Waals surface area contributed by atoms with Crippen molar-refractivity contribution < 1.29 is 5.11 Å². The molecular formula is C13H16N2OS. The summed E-state index contributed by atoms with van der Waals surface area (Å²) in [6.07, 6.45) is 1.63. The first-order chi connectivity index (χ1) is 7.91. The van der Waals surface area contributed by atoms with E-state index >= 15 is 0 Å². The van der Waals surface area contributed by atoms with Gasteiger partial charge in [0.1, 0.15) is 5.60 Å². The number of aliphatic hydroxyl groups is 1. The molecule has 0 fully saturated rings. The monoisotopic (exact) mass is 248 g/mol. The van der Waals surface area contributed by atoms with Gasteiger partial charge in [-0.15, -0.1) is 0 Å². The molecule has 17 heavy (non-hydrogen) atoms. The SMILES string of the molecule is Cc1ccc(C(C)(O)c2cnc(N)s2)cc1C. The average molecular weight is 248 g/mol. The van der Waals surface area contributed by atoms with E-state index in [1.807, 2.05) is 25.1 Å². The Bertz CT molecular complexity index is 546. The van der Waals surface area contributed by atoms with Crippen molar-refractivity contribution in [2.45, 2.75) is 26.4 Å². The van der Waals surface area contributed by atoms with Gasteiger partial charge in [-0.3, -0.25) is 0 Å². The number of hydrogen-bond acceptors (Lipinski definition) is 4. The van der Waals surface area contributed by atoms with E-state index in [1.54, 1.807) is 13.1 Å². The molecular weight excluding hydrogens is 232 g/mol. The van der Waals surface area contributed by atoms with Gasteiger partial charge in [0.2, 0.25) is 0 Å². The molecule has 2 rings (SSSR count). The Balaban J connectivity index is 2.47. The van der Waals surface area contributed by atoms with Crippen LogP contribution in [0.15, 0.2) is 24.4 Å².